The summed E-state index contributed by atoms with van der Waals surface area (Å²) in [6, 6.07) is 17.5. The fourth-order valence-electron chi connectivity index (χ4n) is 2.78. The SMILES string of the molecule is CN=C(NCCCOC(C)c1ccccc1)NCc1nc(-c2ccc(Cl)cc2)no1. The topological polar surface area (TPSA) is 84.6 Å². The third-order valence-electron chi connectivity index (χ3n) is 4.45. The summed E-state index contributed by atoms with van der Waals surface area (Å²) in [6.45, 7) is 3.84. The van der Waals surface area contributed by atoms with E-state index in [4.69, 9.17) is 20.9 Å². The van der Waals surface area contributed by atoms with Gasteiger partial charge >= 0.3 is 0 Å². The van der Waals surface area contributed by atoms with Crippen LogP contribution in [0, 0.1) is 0 Å². The van der Waals surface area contributed by atoms with Crippen LogP contribution in [0.1, 0.15) is 30.9 Å². The van der Waals surface area contributed by atoms with E-state index in [1.165, 1.54) is 5.56 Å². The Morgan fingerprint density at radius 3 is 2.63 bits per heavy atom. The Hall–Kier alpha value is -2.90. The van der Waals surface area contributed by atoms with Crippen LogP contribution in [-0.4, -0.2) is 36.3 Å². The highest BCUT2D eigenvalue weighted by Crippen LogP contribution is 2.18. The Balaban J connectivity index is 1.36. The zero-order chi connectivity index (χ0) is 21.2. The quantitative estimate of drug-likeness (QED) is 0.302. The molecule has 158 valence electrons. The lowest BCUT2D eigenvalue weighted by Crippen LogP contribution is -2.37. The molecule has 0 aliphatic heterocycles. The molecule has 8 heteroatoms. The molecule has 0 spiro atoms. The van der Waals surface area contributed by atoms with Crippen molar-refractivity contribution in [3.05, 3.63) is 71.1 Å². The molecule has 0 aliphatic carbocycles. The highest BCUT2D eigenvalue weighted by molar-refractivity contribution is 6.30. The standard InChI is InChI=1S/C22H26ClN5O2/c1-16(17-7-4-3-5-8-17)29-14-6-13-25-22(24-2)26-15-20-27-21(28-30-20)18-9-11-19(23)12-10-18/h3-5,7-12,16H,6,13-15H2,1-2H3,(H2,24,25,26). The van der Waals surface area contributed by atoms with Crippen LogP contribution in [0.2, 0.25) is 5.02 Å². The molecule has 2 N–H and O–H groups in total. The molecule has 1 atom stereocenters. The van der Waals surface area contributed by atoms with Crippen molar-refractivity contribution in [3.8, 4) is 11.4 Å². The fraction of sp³-hybridized carbons (Fsp3) is 0.318. The third kappa shape index (κ3) is 6.57. The minimum atomic E-state index is 0.0796. The van der Waals surface area contributed by atoms with Crippen LogP contribution in [0.4, 0.5) is 0 Å². The van der Waals surface area contributed by atoms with Gasteiger partial charge in [0.05, 0.1) is 12.6 Å². The highest BCUT2D eigenvalue weighted by atomic mass is 35.5. The predicted molar refractivity (Wildman–Crippen MR) is 118 cm³/mol. The first-order valence-electron chi connectivity index (χ1n) is 9.85. The summed E-state index contributed by atoms with van der Waals surface area (Å²) < 4.78 is 11.2. The average Bonchev–Trinajstić information content (AvgIpc) is 3.25. The number of aromatic nitrogens is 2. The van der Waals surface area contributed by atoms with Crippen LogP contribution in [0.5, 0.6) is 0 Å². The number of aliphatic imine (C=N–C) groups is 1. The van der Waals surface area contributed by atoms with E-state index in [1.807, 2.05) is 30.3 Å². The van der Waals surface area contributed by atoms with Crippen molar-refractivity contribution < 1.29 is 9.26 Å². The summed E-state index contributed by atoms with van der Waals surface area (Å²) in [4.78, 5) is 8.60. The van der Waals surface area contributed by atoms with Gasteiger partial charge in [-0.2, -0.15) is 4.98 Å². The van der Waals surface area contributed by atoms with Gasteiger partial charge < -0.3 is 19.9 Å². The largest absolute Gasteiger partial charge is 0.374 e. The first-order valence-corrected chi connectivity index (χ1v) is 10.2. The summed E-state index contributed by atoms with van der Waals surface area (Å²) in [5, 5.41) is 11.1. The summed E-state index contributed by atoms with van der Waals surface area (Å²) >= 11 is 5.91. The van der Waals surface area contributed by atoms with Crippen LogP contribution in [-0.2, 0) is 11.3 Å². The number of halogens is 1. The summed E-state index contributed by atoms with van der Waals surface area (Å²) in [5.41, 5.74) is 2.03. The zero-order valence-electron chi connectivity index (χ0n) is 17.1. The van der Waals surface area contributed by atoms with E-state index in [0.29, 0.717) is 35.8 Å². The molecule has 0 radical (unpaired) electrons. The van der Waals surface area contributed by atoms with Gasteiger partial charge in [-0.1, -0.05) is 47.1 Å². The van der Waals surface area contributed by atoms with Gasteiger partial charge in [0.2, 0.25) is 11.7 Å². The molecule has 0 aliphatic rings. The smallest absolute Gasteiger partial charge is 0.246 e. The van der Waals surface area contributed by atoms with Crippen LogP contribution in [0.25, 0.3) is 11.4 Å². The summed E-state index contributed by atoms with van der Waals surface area (Å²) in [6.07, 6.45) is 0.940. The Labute approximate surface area is 181 Å². The molecule has 0 saturated heterocycles. The zero-order valence-corrected chi connectivity index (χ0v) is 17.9. The maximum absolute atomic E-state index is 5.91. The number of rotatable bonds is 9. The van der Waals surface area contributed by atoms with Crippen LogP contribution in [0.15, 0.2) is 64.1 Å². The second-order valence-corrected chi connectivity index (χ2v) is 7.08. The normalized spacial score (nSPS) is 12.6. The molecule has 1 heterocycles. The Kier molecular flexibility index (Phi) is 8.23. The molecule has 2 aromatic carbocycles. The lowest BCUT2D eigenvalue weighted by molar-refractivity contribution is 0.0646. The van der Waals surface area contributed by atoms with Crippen molar-refractivity contribution in [2.75, 3.05) is 20.2 Å². The van der Waals surface area contributed by atoms with Gasteiger partial charge in [-0.15, -0.1) is 0 Å². The second kappa shape index (κ2) is 11.3. The molecule has 7 nitrogen and oxygen atoms in total. The average molecular weight is 428 g/mol. The second-order valence-electron chi connectivity index (χ2n) is 6.65. The monoisotopic (exact) mass is 427 g/mol. The molecule has 0 bridgehead atoms. The number of guanidine groups is 1. The van der Waals surface area contributed by atoms with Crippen LogP contribution < -0.4 is 10.6 Å². The minimum absolute atomic E-state index is 0.0796. The lowest BCUT2D eigenvalue weighted by atomic mass is 10.1. The summed E-state index contributed by atoms with van der Waals surface area (Å²) in [7, 11) is 1.72. The number of ether oxygens (including phenoxy) is 1. The molecule has 0 saturated carbocycles. The van der Waals surface area contributed by atoms with E-state index < -0.39 is 0 Å². The van der Waals surface area contributed by atoms with Gasteiger partial charge in [0.15, 0.2) is 5.96 Å². The van der Waals surface area contributed by atoms with Crippen LogP contribution >= 0.6 is 11.6 Å². The number of nitrogens with one attached hydrogen (secondary N) is 2. The Bertz CT molecular complexity index is 928. The van der Waals surface area contributed by atoms with Gasteiger partial charge in [0.25, 0.3) is 0 Å². The fourth-order valence-corrected chi connectivity index (χ4v) is 2.91. The van der Waals surface area contributed by atoms with Gasteiger partial charge in [0.1, 0.15) is 0 Å². The van der Waals surface area contributed by atoms with Crippen molar-refractivity contribution in [2.24, 2.45) is 4.99 Å². The van der Waals surface area contributed by atoms with E-state index in [9.17, 15) is 0 Å². The number of benzene rings is 2. The van der Waals surface area contributed by atoms with Gasteiger partial charge in [-0.25, -0.2) is 0 Å². The summed E-state index contributed by atoms with van der Waals surface area (Å²) in [5.74, 6) is 1.66. The van der Waals surface area contributed by atoms with Gasteiger partial charge in [-0.3, -0.25) is 4.99 Å². The Morgan fingerprint density at radius 2 is 1.90 bits per heavy atom. The lowest BCUT2D eigenvalue weighted by Gasteiger charge is -2.14. The van der Waals surface area contributed by atoms with Crippen LogP contribution in [0.3, 0.4) is 0 Å². The first kappa shape index (κ1) is 21.8. The molecule has 30 heavy (non-hydrogen) atoms. The first-order chi connectivity index (χ1) is 14.7. The van der Waals surface area contributed by atoms with E-state index in [0.717, 1.165) is 18.5 Å². The minimum Gasteiger partial charge on any atom is -0.374 e. The molecule has 3 rings (SSSR count). The third-order valence-corrected chi connectivity index (χ3v) is 4.70. The van der Waals surface area contributed by atoms with Crippen molar-refractivity contribution in [3.63, 3.8) is 0 Å². The number of hydrogen-bond acceptors (Lipinski definition) is 5. The van der Waals surface area contributed by atoms with Gasteiger partial charge in [-0.05, 0) is 43.2 Å². The van der Waals surface area contributed by atoms with E-state index >= 15 is 0 Å². The molecular weight excluding hydrogens is 402 g/mol. The van der Waals surface area contributed by atoms with Crippen molar-refractivity contribution in [1.29, 1.82) is 0 Å². The number of hydrogen-bond donors (Lipinski definition) is 2. The molecule has 1 unspecified atom stereocenters. The van der Waals surface area contributed by atoms with Crippen molar-refractivity contribution in [1.82, 2.24) is 20.8 Å². The molecule has 3 aromatic rings. The maximum Gasteiger partial charge on any atom is 0.246 e. The molecule has 0 fully saturated rings. The van der Waals surface area contributed by atoms with E-state index in [-0.39, 0.29) is 6.10 Å². The predicted octanol–water partition coefficient (Wildman–Crippen LogP) is 4.22. The Morgan fingerprint density at radius 1 is 1.13 bits per heavy atom. The molecule has 0 amide bonds. The van der Waals surface area contributed by atoms with Gasteiger partial charge in [0, 0.05) is 30.8 Å². The molecule has 1 aromatic heterocycles. The van der Waals surface area contributed by atoms with E-state index in [2.05, 4.69) is 44.8 Å². The van der Waals surface area contributed by atoms with Crippen molar-refractivity contribution in [2.45, 2.75) is 26.0 Å². The number of nitrogens with zero attached hydrogens (tertiary/aromatic N) is 3. The molecular formula is C22H26ClN5O2. The highest BCUT2D eigenvalue weighted by Gasteiger charge is 2.09. The maximum atomic E-state index is 5.91. The van der Waals surface area contributed by atoms with Crippen molar-refractivity contribution >= 4 is 17.6 Å². The van der Waals surface area contributed by atoms with E-state index in [1.54, 1.807) is 19.2 Å².